The maximum atomic E-state index is 8.98. The van der Waals surface area contributed by atoms with Gasteiger partial charge < -0.3 is 10.2 Å². The first-order chi connectivity index (χ1) is 8.63. The summed E-state index contributed by atoms with van der Waals surface area (Å²) in [6.07, 6.45) is 2.41. The SMILES string of the molecule is CC(C)N1CCCC1c1cc(CO)[nH]n1.O=CO. The van der Waals surface area contributed by atoms with Gasteiger partial charge in [-0.1, -0.05) is 0 Å². The zero-order chi connectivity index (χ0) is 13.5. The minimum absolute atomic E-state index is 0.0431. The highest BCUT2D eigenvalue weighted by molar-refractivity contribution is 5.32. The average molecular weight is 255 g/mol. The number of rotatable bonds is 3. The summed E-state index contributed by atoms with van der Waals surface area (Å²) in [5, 5.41) is 23.0. The van der Waals surface area contributed by atoms with Gasteiger partial charge in [0.2, 0.25) is 0 Å². The maximum absolute atomic E-state index is 8.98. The third kappa shape index (κ3) is 3.54. The fourth-order valence-electron chi connectivity index (χ4n) is 2.36. The van der Waals surface area contributed by atoms with Crippen LogP contribution in [0, 0.1) is 0 Å². The predicted octanol–water partition coefficient (Wildman–Crippen LogP) is 1.15. The quantitative estimate of drug-likeness (QED) is 0.705. The van der Waals surface area contributed by atoms with E-state index < -0.39 is 0 Å². The van der Waals surface area contributed by atoms with Gasteiger partial charge in [-0.15, -0.1) is 0 Å². The van der Waals surface area contributed by atoms with E-state index in [9.17, 15) is 0 Å². The Morgan fingerprint density at radius 2 is 2.33 bits per heavy atom. The summed E-state index contributed by atoms with van der Waals surface area (Å²) in [4.78, 5) is 10.8. The Morgan fingerprint density at radius 3 is 2.83 bits per heavy atom. The van der Waals surface area contributed by atoms with Crippen LogP contribution in [0.4, 0.5) is 0 Å². The molecule has 102 valence electrons. The maximum Gasteiger partial charge on any atom is 0.290 e. The summed E-state index contributed by atoms with van der Waals surface area (Å²) in [5.74, 6) is 0. The van der Waals surface area contributed by atoms with Crippen molar-refractivity contribution in [3.05, 3.63) is 17.5 Å². The molecule has 0 aliphatic carbocycles. The minimum atomic E-state index is -0.250. The fourth-order valence-corrected chi connectivity index (χ4v) is 2.36. The van der Waals surface area contributed by atoms with Crippen molar-refractivity contribution in [1.29, 1.82) is 0 Å². The summed E-state index contributed by atoms with van der Waals surface area (Å²) < 4.78 is 0. The molecule has 0 radical (unpaired) electrons. The number of nitrogens with zero attached hydrogens (tertiary/aromatic N) is 2. The first kappa shape index (κ1) is 14.7. The molecule has 0 amide bonds. The van der Waals surface area contributed by atoms with E-state index in [1.54, 1.807) is 0 Å². The Balaban J connectivity index is 0.000000492. The van der Waals surface area contributed by atoms with Gasteiger partial charge in [-0.2, -0.15) is 5.10 Å². The second-order valence-corrected chi connectivity index (χ2v) is 4.57. The Labute approximate surface area is 107 Å². The molecule has 0 spiro atoms. The fraction of sp³-hybridized carbons (Fsp3) is 0.667. The second kappa shape index (κ2) is 7.13. The molecule has 1 atom stereocenters. The van der Waals surface area contributed by atoms with E-state index >= 15 is 0 Å². The number of aromatic nitrogens is 2. The highest BCUT2D eigenvalue weighted by atomic mass is 16.3. The minimum Gasteiger partial charge on any atom is -0.483 e. The van der Waals surface area contributed by atoms with Crippen LogP contribution >= 0.6 is 0 Å². The van der Waals surface area contributed by atoms with Crippen molar-refractivity contribution in [2.24, 2.45) is 0 Å². The van der Waals surface area contributed by atoms with Crippen LogP contribution in [0.15, 0.2) is 6.07 Å². The number of carboxylic acid groups (broad SMARTS) is 1. The lowest BCUT2D eigenvalue weighted by atomic mass is 10.1. The van der Waals surface area contributed by atoms with Crippen LogP contribution in [-0.4, -0.2) is 44.4 Å². The smallest absolute Gasteiger partial charge is 0.290 e. The van der Waals surface area contributed by atoms with Gasteiger partial charge >= 0.3 is 0 Å². The molecule has 1 aromatic rings. The number of aliphatic hydroxyl groups excluding tert-OH is 1. The molecule has 0 bridgehead atoms. The van der Waals surface area contributed by atoms with Crippen molar-refractivity contribution in [3.63, 3.8) is 0 Å². The summed E-state index contributed by atoms with van der Waals surface area (Å²) >= 11 is 0. The number of aromatic amines is 1. The molecular weight excluding hydrogens is 234 g/mol. The number of hydrogen-bond acceptors (Lipinski definition) is 4. The Hall–Kier alpha value is -1.40. The van der Waals surface area contributed by atoms with Crippen LogP contribution in [-0.2, 0) is 11.4 Å². The molecule has 1 aromatic heterocycles. The van der Waals surface area contributed by atoms with Gasteiger partial charge in [0.05, 0.1) is 24.0 Å². The highest BCUT2D eigenvalue weighted by Gasteiger charge is 2.29. The van der Waals surface area contributed by atoms with Gasteiger partial charge in [-0.25, -0.2) is 0 Å². The zero-order valence-corrected chi connectivity index (χ0v) is 10.8. The lowest BCUT2D eigenvalue weighted by molar-refractivity contribution is -0.122. The third-order valence-corrected chi connectivity index (χ3v) is 3.12. The first-order valence-corrected chi connectivity index (χ1v) is 6.12. The molecule has 3 N–H and O–H groups in total. The number of H-pyrrole nitrogens is 1. The highest BCUT2D eigenvalue weighted by Crippen LogP contribution is 2.32. The van der Waals surface area contributed by atoms with E-state index in [1.807, 2.05) is 6.07 Å². The summed E-state index contributed by atoms with van der Waals surface area (Å²) in [6, 6.07) is 2.97. The molecule has 1 saturated heterocycles. The molecule has 1 unspecified atom stereocenters. The monoisotopic (exact) mass is 255 g/mol. The van der Waals surface area contributed by atoms with Crippen LogP contribution in [0.3, 0.4) is 0 Å². The molecule has 2 heterocycles. The standard InChI is InChI=1S/C11H19N3O.CH2O2/c1-8(2)14-5-3-4-11(14)10-6-9(7-15)12-13-10;2-1-3/h6,8,11,15H,3-5,7H2,1-2H3,(H,12,13);1H,(H,2,3). The van der Waals surface area contributed by atoms with Crippen LogP contribution in [0.25, 0.3) is 0 Å². The number of carbonyl (C=O) groups is 1. The Morgan fingerprint density at radius 1 is 1.67 bits per heavy atom. The van der Waals surface area contributed by atoms with Gasteiger partial charge in [0.15, 0.2) is 0 Å². The van der Waals surface area contributed by atoms with E-state index in [0.717, 1.165) is 17.9 Å². The normalized spacial score (nSPS) is 19.7. The number of hydrogen-bond donors (Lipinski definition) is 3. The molecule has 0 aromatic carbocycles. The Bertz CT molecular complexity index is 365. The summed E-state index contributed by atoms with van der Waals surface area (Å²) in [6.45, 7) is 5.39. The van der Waals surface area contributed by atoms with Crippen molar-refractivity contribution < 1.29 is 15.0 Å². The lowest BCUT2D eigenvalue weighted by Gasteiger charge is -2.26. The van der Waals surface area contributed by atoms with Crippen LogP contribution in [0.1, 0.15) is 44.1 Å². The van der Waals surface area contributed by atoms with Gasteiger partial charge in [0, 0.05) is 6.04 Å². The summed E-state index contributed by atoms with van der Waals surface area (Å²) in [5.41, 5.74) is 1.88. The van der Waals surface area contributed by atoms with Gasteiger partial charge in [-0.3, -0.25) is 14.8 Å². The molecule has 6 nitrogen and oxygen atoms in total. The van der Waals surface area contributed by atoms with Crippen molar-refractivity contribution in [3.8, 4) is 0 Å². The topological polar surface area (TPSA) is 89.5 Å². The average Bonchev–Trinajstić information content (AvgIpc) is 2.98. The number of nitrogens with one attached hydrogen (secondary N) is 1. The van der Waals surface area contributed by atoms with Crippen LogP contribution in [0.2, 0.25) is 0 Å². The van der Waals surface area contributed by atoms with Gasteiger partial charge in [-0.05, 0) is 39.3 Å². The molecule has 1 aliphatic rings. The third-order valence-electron chi connectivity index (χ3n) is 3.12. The molecule has 0 saturated carbocycles. The second-order valence-electron chi connectivity index (χ2n) is 4.57. The van der Waals surface area contributed by atoms with Crippen molar-refractivity contribution >= 4 is 6.47 Å². The van der Waals surface area contributed by atoms with E-state index in [-0.39, 0.29) is 13.1 Å². The van der Waals surface area contributed by atoms with E-state index in [0.29, 0.717) is 12.1 Å². The molecule has 1 aliphatic heterocycles. The molecule has 1 fully saturated rings. The van der Waals surface area contributed by atoms with E-state index in [2.05, 4.69) is 28.9 Å². The number of likely N-dealkylation sites (tertiary alicyclic amines) is 1. The van der Waals surface area contributed by atoms with Crippen LogP contribution < -0.4 is 0 Å². The largest absolute Gasteiger partial charge is 0.483 e. The zero-order valence-electron chi connectivity index (χ0n) is 10.8. The Kier molecular flexibility index (Phi) is 5.80. The van der Waals surface area contributed by atoms with Crippen LogP contribution in [0.5, 0.6) is 0 Å². The van der Waals surface area contributed by atoms with Crippen molar-refractivity contribution in [2.45, 2.75) is 45.4 Å². The molecular formula is C12H21N3O3. The van der Waals surface area contributed by atoms with Gasteiger partial charge in [0.25, 0.3) is 6.47 Å². The summed E-state index contributed by atoms with van der Waals surface area (Å²) in [7, 11) is 0. The van der Waals surface area contributed by atoms with Gasteiger partial charge in [0.1, 0.15) is 0 Å². The predicted molar refractivity (Wildman–Crippen MR) is 67.0 cm³/mol. The molecule has 2 rings (SSSR count). The lowest BCUT2D eigenvalue weighted by Crippen LogP contribution is -2.30. The van der Waals surface area contributed by atoms with E-state index in [1.165, 1.54) is 12.8 Å². The number of aliphatic hydroxyl groups is 1. The van der Waals surface area contributed by atoms with E-state index in [4.69, 9.17) is 15.0 Å². The van der Waals surface area contributed by atoms with Crippen molar-refractivity contribution in [2.75, 3.05) is 6.54 Å². The van der Waals surface area contributed by atoms with Crippen molar-refractivity contribution in [1.82, 2.24) is 15.1 Å². The molecule has 6 heteroatoms. The first-order valence-electron chi connectivity index (χ1n) is 6.12. The molecule has 18 heavy (non-hydrogen) atoms.